The van der Waals surface area contributed by atoms with Gasteiger partial charge >= 0.3 is 5.97 Å². The van der Waals surface area contributed by atoms with Crippen LogP contribution in [0.3, 0.4) is 0 Å². The number of carboxylic acid groups (broad SMARTS) is 1. The van der Waals surface area contributed by atoms with Gasteiger partial charge in [0.15, 0.2) is 0 Å². The number of aliphatic imine (C=N–C) groups is 1. The van der Waals surface area contributed by atoms with Gasteiger partial charge in [-0.2, -0.15) is 0 Å². The quantitative estimate of drug-likeness (QED) is 0.205. The van der Waals surface area contributed by atoms with Gasteiger partial charge in [0.05, 0.1) is 19.8 Å². The molecule has 0 aliphatic rings. The number of aliphatic hydroxyl groups excluding tert-OH is 2. The van der Waals surface area contributed by atoms with E-state index in [1.165, 1.54) is 89.7 Å². The van der Waals surface area contributed by atoms with Gasteiger partial charge in [0, 0.05) is 12.6 Å². The smallest absolute Gasteiger partial charge is 0.303 e. The van der Waals surface area contributed by atoms with E-state index in [2.05, 4.69) is 11.9 Å². The van der Waals surface area contributed by atoms with E-state index in [1.807, 2.05) is 0 Å². The van der Waals surface area contributed by atoms with Crippen molar-refractivity contribution in [3.63, 3.8) is 0 Å². The van der Waals surface area contributed by atoms with E-state index in [0.717, 1.165) is 12.8 Å². The summed E-state index contributed by atoms with van der Waals surface area (Å²) in [4.78, 5) is 13.9. The zero-order valence-corrected chi connectivity index (χ0v) is 17.7. The molecule has 0 aliphatic carbocycles. The molecule has 0 fully saturated rings. The third-order valence-electron chi connectivity index (χ3n) is 4.43. The normalized spacial score (nSPS) is 10.8. The molecule has 0 radical (unpaired) electrons. The van der Waals surface area contributed by atoms with E-state index in [1.54, 1.807) is 0 Å². The van der Waals surface area contributed by atoms with Crippen LogP contribution in [0.5, 0.6) is 0 Å². The van der Waals surface area contributed by atoms with E-state index < -0.39 is 5.97 Å². The largest absolute Gasteiger partial charge is 0.481 e. The molecule has 5 nitrogen and oxygen atoms in total. The summed E-state index contributed by atoms with van der Waals surface area (Å²) in [7, 11) is 0. The Hall–Kier alpha value is -0.940. The molecule has 0 heterocycles. The van der Waals surface area contributed by atoms with Crippen LogP contribution in [-0.2, 0) is 4.79 Å². The van der Waals surface area contributed by atoms with Gasteiger partial charge in [-0.3, -0.25) is 9.79 Å². The number of unbranched alkanes of at least 4 members (excludes halogenated alkanes) is 14. The third kappa shape index (κ3) is 33.1. The van der Waals surface area contributed by atoms with Crippen LogP contribution in [0.15, 0.2) is 4.99 Å². The Morgan fingerprint density at radius 3 is 1.48 bits per heavy atom. The summed E-state index contributed by atoms with van der Waals surface area (Å²) < 4.78 is 0. The minimum Gasteiger partial charge on any atom is -0.481 e. The molecule has 0 spiro atoms. The Morgan fingerprint density at radius 2 is 1.15 bits per heavy atom. The lowest BCUT2D eigenvalue weighted by atomic mass is 10.0. The lowest BCUT2D eigenvalue weighted by molar-refractivity contribution is -0.137. The standard InChI is InChI=1S/C18H36O2.C4H9NO2/c1-2-3-4-5-6-7-8-9-10-11-12-13-14-15-16-17-18(19)20;6-3-1-5-2-4-7/h2-17H2,1H3,(H,19,20);1,6-7H,2-4H2. The third-order valence-corrected chi connectivity index (χ3v) is 4.43. The van der Waals surface area contributed by atoms with Crippen molar-refractivity contribution >= 4 is 12.2 Å². The van der Waals surface area contributed by atoms with Crippen molar-refractivity contribution in [2.75, 3.05) is 19.8 Å². The number of aliphatic carboxylic acids is 1. The molecule has 0 aromatic carbocycles. The first kappa shape index (κ1) is 28.3. The highest BCUT2D eigenvalue weighted by Gasteiger charge is 1.97. The van der Waals surface area contributed by atoms with Gasteiger partial charge in [-0.1, -0.05) is 96.8 Å². The number of hydrogen-bond donors (Lipinski definition) is 3. The van der Waals surface area contributed by atoms with E-state index >= 15 is 0 Å². The minimum absolute atomic E-state index is 0.0417. The zero-order valence-electron chi connectivity index (χ0n) is 17.7. The molecule has 0 amide bonds. The van der Waals surface area contributed by atoms with Gasteiger partial charge in [0.25, 0.3) is 0 Å². The predicted molar refractivity (Wildman–Crippen MR) is 115 cm³/mol. The Morgan fingerprint density at radius 1 is 0.741 bits per heavy atom. The van der Waals surface area contributed by atoms with Gasteiger partial charge in [0.1, 0.15) is 0 Å². The molecule has 0 aromatic heterocycles. The summed E-state index contributed by atoms with van der Waals surface area (Å²) in [5.41, 5.74) is 0. The Kier molecular flexibility index (Phi) is 28.6. The van der Waals surface area contributed by atoms with Crippen LogP contribution < -0.4 is 0 Å². The van der Waals surface area contributed by atoms with Crippen molar-refractivity contribution in [3.8, 4) is 0 Å². The average Bonchev–Trinajstić information content (AvgIpc) is 2.65. The number of rotatable bonds is 19. The molecular weight excluding hydrogens is 342 g/mol. The summed E-state index contributed by atoms with van der Waals surface area (Å²) in [5, 5.41) is 24.7. The van der Waals surface area contributed by atoms with Crippen LogP contribution in [0, 0.1) is 0 Å². The molecule has 5 heteroatoms. The van der Waals surface area contributed by atoms with Crippen molar-refractivity contribution in [2.45, 2.75) is 110 Å². The number of aliphatic hydroxyl groups is 2. The summed E-state index contributed by atoms with van der Waals surface area (Å²) in [6.45, 7) is 2.67. The zero-order chi connectivity index (χ0) is 20.4. The highest BCUT2D eigenvalue weighted by molar-refractivity contribution is 5.66. The number of carbonyl (C=O) groups is 1. The van der Waals surface area contributed by atoms with Crippen molar-refractivity contribution in [1.29, 1.82) is 0 Å². The van der Waals surface area contributed by atoms with Gasteiger partial charge in [-0.05, 0) is 6.42 Å². The van der Waals surface area contributed by atoms with E-state index in [9.17, 15) is 4.79 Å². The molecule has 0 rings (SSSR count). The lowest BCUT2D eigenvalue weighted by Gasteiger charge is -2.03. The number of hydrogen-bond acceptors (Lipinski definition) is 4. The Bertz CT molecular complexity index is 309. The fourth-order valence-electron chi connectivity index (χ4n) is 2.85. The van der Waals surface area contributed by atoms with Crippen LogP contribution in [0.2, 0.25) is 0 Å². The summed E-state index contributed by atoms with van der Waals surface area (Å²) >= 11 is 0. The van der Waals surface area contributed by atoms with Crippen LogP contribution in [0.4, 0.5) is 0 Å². The monoisotopic (exact) mass is 387 g/mol. The highest BCUT2D eigenvalue weighted by Crippen LogP contribution is 2.13. The second-order valence-electron chi connectivity index (χ2n) is 7.09. The van der Waals surface area contributed by atoms with Crippen LogP contribution in [0.25, 0.3) is 0 Å². The summed E-state index contributed by atoms with van der Waals surface area (Å²) in [5.74, 6) is -0.653. The van der Waals surface area contributed by atoms with Crippen molar-refractivity contribution in [3.05, 3.63) is 0 Å². The van der Waals surface area contributed by atoms with Crippen LogP contribution >= 0.6 is 0 Å². The first-order valence-corrected chi connectivity index (χ1v) is 11.1. The Balaban J connectivity index is 0. The molecule has 27 heavy (non-hydrogen) atoms. The van der Waals surface area contributed by atoms with Crippen molar-refractivity contribution < 1.29 is 20.1 Å². The maximum atomic E-state index is 10.3. The second kappa shape index (κ2) is 27.3. The molecular formula is C22H45NO4. The summed E-state index contributed by atoms with van der Waals surface area (Å²) in [6, 6.07) is 0. The lowest BCUT2D eigenvalue weighted by Crippen LogP contribution is -1.93. The Labute approximate surface area is 167 Å². The maximum absolute atomic E-state index is 10.3. The minimum atomic E-state index is -0.653. The molecule has 162 valence electrons. The first-order chi connectivity index (χ1) is 13.2. The maximum Gasteiger partial charge on any atom is 0.303 e. The van der Waals surface area contributed by atoms with E-state index in [0.29, 0.717) is 13.0 Å². The predicted octanol–water partition coefficient (Wildman–Crippen LogP) is 5.37. The fraction of sp³-hybridized carbons (Fsp3) is 0.909. The van der Waals surface area contributed by atoms with E-state index in [4.69, 9.17) is 15.3 Å². The van der Waals surface area contributed by atoms with Crippen molar-refractivity contribution in [2.24, 2.45) is 4.99 Å². The number of nitrogens with zero attached hydrogens (tertiary/aromatic N) is 1. The van der Waals surface area contributed by atoms with Gasteiger partial charge in [0.2, 0.25) is 0 Å². The van der Waals surface area contributed by atoms with Crippen LogP contribution in [-0.4, -0.2) is 47.3 Å². The summed E-state index contributed by atoms with van der Waals surface area (Å²) in [6.07, 6.45) is 21.6. The van der Waals surface area contributed by atoms with Gasteiger partial charge < -0.3 is 15.3 Å². The molecule has 3 N–H and O–H groups in total. The fourth-order valence-corrected chi connectivity index (χ4v) is 2.85. The molecule has 0 unspecified atom stereocenters. The highest BCUT2D eigenvalue weighted by atomic mass is 16.4. The van der Waals surface area contributed by atoms with E-state index in [-0.39, 0.29) is 13.2 Å². The molecule has 0 saturated carbocycles. The SMILES string of the molecule is CCCCCCCCCCCCCCCCCC(=O)O.OCC=NCCO. The number of carboxylic acids is 1. The topological polar surface area (TPSA) is 90.1 Å². The van der Waals surface area contributed by atoms with Gasteiger partial charge in [-0.15, -0.1) is 0 Å². The second-order valence-corrected chi connectivity index (χ2v) is 7.09. The molecule has 0 atom stereocenters. The molecule has 0 saturated heterocycles. The molecule has 0 aromatic rings. The first-order valence-electron chi connectivity index (χ1n) is 11.1. The molecule has 0 bridgehead atoms. The molecule has 0 aliphatic heterocycles. The van der Waals surface area contributed by atoms with Gasteiger partial charge in [-0.25, -0.2) is 0 Å². The van der Waals surface area contributed by atoms with Crippen molar-refractivity contribution in [1.82, 2.24) is 0 Å². The van der Waals surface area contributed by atoms with Crippen LogP contribution in [0.1, 0.15) is 110 Å². The average molecular weight is 388 g/mol.